The average molecular weight is 532 g/mol. The molecule has 0 amide bonds. The van der Waals surface area contributed by atoms with Crippen LogP contribution in [0.1, 0.15) is 55.3 Å². The summed E-state index contributed by atoms with van der Waals surface area (Å²) in [7, 11) is 0. The van der Waals surface area contributed by atoms with E-state index in [1.165, 1.54) is 5.56 Å². The molecule has 1 heteroatoms. The van der Waals surface area contributed by atoms with Crippen molar-refractivity contribution in [1.29, 1.82) is 0 Å². The molecule has 41 heavy (non-hydrogen) atoms. The highest BCUT2D eigenvalue weighted by Gasteiger charge is 2.47. The second-order valence-corrected chi connectivity index (χ2v) is 10.9. The molecule has 0 saturated carbocycles. The van der Waals surface area contributed by atoms with Gasteiger partial charge in [-0.05, 0) is 68.3 Å². The Morgan fingerprint density at radius 1 is 0.488 bits per heavy atom. The van der Waals surface area contributed by atoms with E-state index in [0.717, 1.165) is 33.5 Å². The Balaban J connectivity index is 1.38. The lowest BCUT2D eigenvalue weighted by Crippen LogP contribution is -2.29. The van der Waals surface area contributed by atoms with Crippen LogP contribution in [0.4, 0.5) is 11.4 Å². The van der Waals surface area contributed by atoms with Crippen LogP contribution in [-0.2, 0) is 10.8 Å². The monoisotopic (exact) mass is 531 g/mol. The van der Waals surface area contributed by atoms with Gasteiger partial charge >= 0.3 is 0 Å². The summed E-state index contributed by atoms with van der Waals surface area (Å²) in [6, 6.07) is 48.3. The van der Waals surface area contributed by atoms with Crippen molar-refractivity contribution in [1.82, 2.24) is 0 Å². The standard InChI is InChI=1S/C40H31N/c1-39(2)34-21-11-9-18-30(34)32-25-24-29(26-36(32)39)41-37-23-13-20-33-31-19-10-12-22-35(31)40(38(33)37,27-14-5-3-6-15-27)28-16-7-4-8-17-28/h3-26,41H,1-2H3/i1D3,2D3. The number of anilines is 2. The van der Waals surface area contributed by atoms with Gasteiger partial charge in [-0.3, -0.25) is 0 Å². The van der Waals surface area contributed by atoms with Crippen LogP contribution in [-0.4, -0.2) is 0 Å². The molecule has 8 rings (SSSR count). The minimum absolute atomic E-state index is 0.289. The molecule has 0 unspecified atom stereocenters. The number of rotatable bonds is 4. The molecule has 0 spiro atoms. The van der Waals surface area contributed by atoms with Gasteiger partial charge in [0.2, 0.25) is 0 Å². The molecule has 2 aliphatic carbocycles. The van der Waals surface area contributed by atoms with Gasteiger partial charge in [0.15, 0.2) is 0 Å². The molecular weight excluding hydrogens is 494 g/mol. The van der Waals surface area contributed by atoms with Crippen LogP contribution in [0.2, 0.25) is 0 Å². The second-order valence-electron chi connectivity index (χ2n) is 10.9. The van der Waals surface area contributed by atoms with E-state index in [1.807, 2.05) is 48.5 Å². The first-order chi connectivity index (χ1) is 22.6. The van der Waals surface area contributed by atoms with E-state index in [2.05, 4.69) is 84.2 Å². The Labute approximate surface area is 250 Å². The van der Waals surface area contributed by atoms with E-state index in [0.29, 0.717) is 22.4 Å². The van der Waals surface area contributed by atoms with Gasteiger partial charge < -0.3 is 5.32 Å². The van der Waals surface area contributed by atoms with Crippen molar-refractivity contribution in [3.8, 4) is 22.3 Å². The fourth-order valence-electron chi connectivity index (χ4n) is 7.12. The highest BCUT2D eigenvalue weighted by molar-refractivity contribution is 5.92. The normalized spacial score (nSPS) is 17.8. The third-order valence-corrected chi connectivity index (χ3v) is 8.80. The molecule has 0 bridgehead atoms. The van der Waals surface area contributed by atoms with Gasteiger partial charge in [-0.1, -0.05) is 141 Å². The van der Waals surface area contributed by atoms with Gasteiger partial charge in [0.1, 0.15) is 0 Å². The number of hydrogen-bond donors (Lipinski definition) is 1. The van der Waals surface area contributed by atoms with Crippen LogP contribution in [0, 0.1) is 0 Å². The Kier molecular flexibility index (Phi) is 3.97. The van der Waals surface area contributed by atoms with Crippen LogP contribution < -0.4 is 5.32 Å². The van der Waals surface area contributed by atoms with Crippen LogP contribution in [0.5, 0.6) is 0 Å². The maximum absolute atomic E-state index is 8.66. The van der Waals surface area contributed by atoms with E-state index >= 15 is 0 Å². The molecule has 0 heterocycles. The number of hydrogen-bond acceptors (Lipinski definition) is 1. The number of fused-ring (bicyclic) bond motifs is 6. The van der Waals surface area contributed by atoms with Gasteiger partial charge in [0.05, 0.1) is 5.41 Å². The summed E-state index contributed by atoms with van der Waals surface area (Å²) < 4.78 is 51.9. The van der Waals surface area contributed by atoms with Gasteiger partial charge in [0, 0.05) is 30.6 Å². The third kappa shape index (κ3) is 3.30. The first kappa shape index (κ1) is 18.5. The molecule has 1 nitrogen and oxygen atoms in total. The third-order valence-electron chi connectivity index (χ3n) is 8.80. The zero-order valence-corrected chi connectivity index (χ0v) is 22.4. The summed E-state index contributed by atoms with van der Waals surface area (Å²) in [6.07, 6.45) is 0. The van der Waals surface area contributed by atoms with Gasteiger partial charge in [-0.2, -0.15) is 0 Å². The summed E-state index contributed by atoms with van der Waals surface area (Å²) in [4.78, 5) is 0. The van der Waals surface area contributed by atoms with Crippen molar-refractivity contribution < 1.29 is 8.22 Å². The van der Waals surface area contributed by atoms with E-state index < -0.39 is 24.5 Å². The molecule has 0 aliphatic heterocycles. The van der Waals surface area contributed by atoms with Crippen LogP contribution >= 0.6 is 0 Å². The molecule has 196 valence electrons. The first-order valence-electron chi connectivity index (χ1n) is 17.0. The molecule has 6 aromatic rings. The predicted octanol–water partition coefficient (Wildman–Crippen LogP) is 10.1. The van der Waals surface area contributed by atoms with Crippen molar-refractivity contribution in [2.75, 3.05) is 5.32 Å². The zero-order valence-electron chi connectivity index (χ0n) is 28.4. The zero-order chi connectivity index (χ0) is 32.6. The van der Waals surface area contributed by atoms with Crippen molar-refractivity contribution in [3.05, 3.63) is 179 Å². The van der Waals surface area contributed by atoms with Gasteiger partial charge in [-0.25, -0.2) is 0 Å². The van der Waals surface area contributed by atoms with Crippen molar-refractivity contribution in [2.45, 2.75) is 24.5 Å². The molecule has 0 radical (unpaired) electrons. The predicted molar refractivity (Wildman–Crippen MR) is 171 cm³/mol. The molecular formula is C40H31N. The number of benzene rings is 6. The largest absolute Gasteiger partial charge is 0.355 e. The lowest BCUT2D eigenvalue weighted by Gasteiger charge is -2.35. The van der Waals surface area contributed by atoms with E-state index in [-0.39, 0.29) is 5.56 Å². The smallest absolute Gasteiger partial charge is 0.0733 e. The maximum atomic E-state index is 8.66. The SMILES string of the molecule is [2H]C([2H])([2H])C1(C([2H])([2H])[2H])c2ccccc2-c2ccc(Nc3cccc4c3C(c3ccccc3)(c3ccccc3)c3ccccc3-4)cc21. The lowest BCUT2D eigenvalue weighted by atomic mass is 9.67. The lowest BCUT2D eigenvalue weighted by molar-refractivity contribution is 0.660. The molecule has 0 saturated heterocycles. The fraction of sp³-hybridized carbons (Fsp3) is 0.100. The van der Waals surface area contributed by atoms with Gasteiger partial charge in [-0.15, -0.1) is 0 Å². The molecule has 1 N–H and O–H groups in total. The minimum atomic E-state index is -2.83. The minimum Gasteiger partial charge on any atom is -0.355 e. The van der Waals surface area contributed by atoms with Crippen molar-refractivity contribution in [2.24, 2.45) is 0 Å². The molecule has 0 fully saturated rings. The summed E-state index contributed by atoms with van der Waals surface area (Å²) in [5, 5.41) is 3.66. The van der Waals surface area contributed by atoms with Gasteiger partial charge in [0.25, 0.3) is 0 Å². The Morgan fingerprint density at radius 2 is 1.05 bits per heavy atom. The first-order valence-corrected chi connectivity index (χ1v) is 14.0. The molecule has 2 aliphatic rings. The van der Waals surface area contributed by atoms with Crippen LogP contribution in [0.25, 0.3) is 22.3 Å². The van der Waals surface area contributed by atoms with E-state index in [9.17, 15) is 0 Å². The molecule has 0 aromatic heterocycles. The summed E-state index contributed by atoms with van der Waals surface area (Å²) in [5.74, 6) is 0. The summed E-state index contributed by atoms with van der Waals surface area (Å²) >= 11 is 0. The Hall–Kier alpha value is -4.88. The maximum Gasteiger partial charge on any atom is 0.0733 e. The summed E-state index contributed by atoms with van der Waals surface area (Å²) in [5.41, 5.74) is 7.30. The van der Waals surface area contributed by atoms with E-state index in [4.69, 9.17) is 8.22 Å². The van der Waals surface area contributed by atoms with Crippen molar-refractivity contribution in [3.63, 3.8) is 0 Å². The Morgan fingerprint density at radius 3 is 1.73 bits per heavy atom. The highest BCUT2D eigenvalue weighted by atomic mass is 14.9. The second kappa shape index (κ2) is 8.81. The topological polar surface area (TPSA) is 12.0 Å². The van der Waals surface area contributed by atoms with Crippen LogP contribution in [0.15, 0.2) is 146 Å². The molecule has 6 aromatic carbocycles. The quantitative estimate of drug-likeness (QED) is 0.238. The average Bonchev–Trinajstić information content (AvgIpc) is 3.55. The van der Waals surface area contributed by atoms with E-state index in [1.54, 1.807) is 18.2 Å². The van der Waals surface area contributed by atoms with Crippen LogP contribution in [0.3, 0.4) is 0 Å². The van der Waals surface area contributed by atoms with Crippen molar-refractivity contribution >= 4 is 11.4 Å². The molecule has 0 atom stereocenters. The Bertz CT molecular complexity index is 2100. The summed E-state index contributed by atoms with van der Waals surface area (Å²) in [6.45, 7) is -5.66. The highest BCUT2D eigenvalue weighted by Crippen LogP contribution is 2.58. The number of nitrogens with one attached hydrogen (secondary N) is 1. The fourth-order valence-corrected chi connectivity index (χ4v) is 7.12.